The first-order chi connectivity index (χ1) is 21.1. The van der Waals surface area contributed by atoms with Gasteiger partial charge in [0.15, 0.2) is 11.6 Å². The molecule has 2 fully saturated rings. The number of carbonyl (C=O) groups is 3. The molecule has 2 amide bonds. The normalized spacial score (nSPS) is 15.4. The number of hydrogen-bond donors (Lipinski definition) is 0. The van der Waals surface area contributed by atoms with Crippen LogP contribution >= 0.6 is 0 Å². The Morgan fingerprint density at radius 3 is 2.07 bits per heavy atom. The van der Waals surface area contributed by atoms with Crippen molar-refractivity contribution in [3.63, 3.8) is 0 Å². The second-order valence-electron chi connectivity index (χ2n) is 12.3. The van der Waals surface area contributed by atoms with Crippen molar-refractivity contribution in [2.45, 2.75) is 70.6 Å². The Hall–Kier alpha value is -4.47. The minimum atomic E-state index is -0.540. The Kier molecular flexibility index (Phi) is 9.17. The maximum absolute atomic E-state index is 13.6. The molecule has 0 N–H and O–H groups in total. The number of methoxy groups -OCH3 is 2. The van der Waals surface area contributed by atoms with E-state index in [-0.39, 0.29) is 36.3 Å². The number of hydrogen-bond acceptors (Lipinski definition) is 8. The summed E-state index contributed by atoms with van der Waals surface area (Å²) in [5.41, 5.74) is 1.99. The molecule has 1 aliphatic carbocycles. The lowest BCUT2D eigenvalue weighted by atomic mass is 10.0. The fraction of sp³-hybridized carbons (Fsp3) is 0.441. The van der Waals surface area contributed by atoms with Crippen LogP contribution in [0.4, 0.5) is 4.79 Å². The monoisotopic (exact) mass is 600 g/mol. The molecular weight excluding hydrogens is 560 g/mol. The van der Waals surface area contributed by atoms with Crippen LogP contribution in [0.2, 0.25) is 0 Å². The highest BCUT2D eigenvalue weighted by atomic mass is 16.6. The minimum absolute atomic E-state index is 0.0426. The molecule has 2 heterocycles. The molecule has 1 aromatic heterocycles. The van der Waals surface area contributed by atoms with E-state index in [4.69, 9.17) is 14.2 Å². The highest BCUT2D eigenvalue weighted by molar-refractivity contribution is 5.98. The third-order valence-electron chi connectivity index (χ3n) is 7.89. The number of ether oxygens (including phenoxy) is 3. The van der Waals surface area contributed by atoms with Crippen LogP contribution in [0.25, 0.3) is 11.4 Å². The van der Waals surface area contributed by atoms with Gasteiger partial charge in [0.1, 0.15) is 17.1 Å². The first kappa shape index (κ1) is 31.0. The predicted octanol–water partition coefficient (Wildman–Crippen LogP) is 5.59. The largest absolute Gasteiger partial charge is 0.497 e. The maximum atomic E-state index is 13.6. The van der Waals surface area contributed by atoms with Crippen molar-refractivity contribution in [1.29, 1.82) is 0 Å². The molecule has 0 unspecified atom stereocenters. The lowest BCUT2D eigenvalue weighted by Crippen LogP contribution is -2.50. The zero-order valence-electron chi connectivity index (χ0n) is 26.0. The number of nitrogens with zero attached hydrogens (tertiary/aromatic N) is 4. The number of amides is 2. The van der Waals surface area contributed by atoms with Crippen molar-refractivity contribution in [3.8, 4) is 22.9 Å². The van der Waals surface area contributed by atoms with Crippen LogP contribution in [0, 0.1) is 0 Å². The summed E-state index contributed by atoms with van der Waals surface area (Å²) in [6.07, 6.45) is 6.40. The van der Waals surface area contributed by atoms with Crippen molar-refractivity contribution in [2.75, 3.05) is 27.3 Å². The number of Topliss-reactive ketones (excluding diaryl/α,β-unsaturated/α-hetero) is 1. The van der Waals surface area contributed by atoms with E-state index in [1.165, 1.54) is 0 Å². The fourth-order valence-electron chi connectivity index (χ4n) is 5.45. The van der Waals surface area contributed by atoms with Gasteiger partial charge in [0.05, 0.1) is 19.8 Å². The van der Waals surface area contributed by atoms with Crippen LogP contribution in [0.1, 0.15) is 72.7 Å². The first-order valence-corrected chi connectivity index (χ1v) is 15.0. The Bertz CT molecular complexity index is 1490. The summed E-state index contributed by atoms with van der Waals surface area (Å²) in [5.74, 6) is 1.62. The molecule has 3 aromatic rings. The van der Waals surface area contributed by atoms with Gasteiger partial charge in [-0.1, -0.05) is 30.3 Å². The Morgan fingerprint density at radius 1 is 0.864 bits per heavy atom. The lowest BCUT2D eigenvalue weighted by molar-refractivity contribution is 0.0142. The number of carbonyl (C=O) groups excluding carboxylic acids is 3. The van der Waals surface area contributed by atoms with Crippen molar-refractivity contribution < 1.29 is 28.6 Å². The summed E-state index contributed by atoms with van der Waals surface area (Å²) >= 11 is 0. The smallest absolute Gasteiger partial charge is 0.410 e. The van der Waals surface area contributed by atoms with E-state index < -0.39 is 5.60 Å². The van der Waals surface area contributed by atoms with Gasteiger partial charge in [-0.3, -0.25) is 9.59 Å². The van der Waals surface area contributed by atoms with E-state index in [0.717, 1.165) is 24.0 Å². The highest BCUT2D eigenvalue weighted by Crippen LogP contribution is 2.34. The van der Waals surface area contributed by atoms with Gasteiger partial charge in [-0.15, -0.1) is 0 Å². The Labute approximate surface area is 258 Å². The molecule has 232 valence electrons. The van der Waals surface area contributed by atoms with E-state index in [0.29, 0.717) is 54.4 Å². The molecule has 1 saturated carbocycles. The zero-order chi connectivity index (χ0) is 31.4. The maximum Gasteiger partial charge on any atom is 0.410 e. The van der Waals surface area contributed by atoms with E-state index >= 15 is 0 Å². The third-order valence-corrected chi connectivity index (χ3v) is 7.89. The molecule has 0 radical (unpaired) electrons. The van der Waals surface area contributed by atoms with Gasteiger partial charge < -0.3 is 24.0 Å². The average molecular weight is 601 g/mol. The summed E-state index contributed by atoms with van der Waals surface area (Å²) in [5, 5.41) is 0. The van der Waals surface area contributed by atoms with Crippen LogP contribution in [0.3, 0.4) is 0 Å². The van der Waals surface area contributed by atoms with Gasteiger partial charge in [0, 0.05) is 66.7 Å². The van der Waals surface area contributed by atoms with Gasteiger partial charge in [-0.2, -0.15) is 0 Å². The van der Waals surface area contributed by atoms with Crippen molar-refractivity contribution in [1.82, 2.24) is 19.8 Å². The van der Waals surface area contributed by atoms with Crippen molar-refractivity contribution in [3.05, 3.63) is 71.5 Å². The number of benzene rings is 2. The van der Waals surface area contributed by atoms with Crippen molar-refractivity contribution >= 4 is 17.8 Å². The molecule has 1 saturated heterocycles. The molecule has 10 nitrogen and oxygen atoms in total. The number of likely N-dealkylation sites (tertiary alicyclic amines) is 1. The second kappa shape index (κ2) is 13.0. The van der Waals surface area contributed by atoms with Crippen molar-refractivity contribution in [2.24, 2.45) is 0 Å². The number of aromatic nitrogens is 2. The predicted molar refractivity (Wildman–Crippen MR) is 165 cm³/mol. The summed E-state index contributed by atoms with van der Waals surface area (Å²) in [6.45, 7) is 6.68. The second-order valence-corrected chi connectivity index (χ2v) is 12.3. The highest BCUT2D eigenvalue weighted by Gasteiger charge is 2.40. The third kappa shape index (κ3) is 7.35. The molecule has 0 atom stereocenters. The topological polar surface area (TPSA) is 111 Å². The van der Waals surface area contributed by atoms with E-state index in [2.05, 4.69) is 9.97 Å². The molecule has 5 rings (SSSR count). The van der Waals surface area contributed by atoms with Crippen LogP contribution in [-0.2, 0) is 11.2 Å². The molecule has 10 heteroatoms. The summed E-state index contributed by atoms with van der Waals surface area (Å²) in [6, 6.07) is 12.8. The van der Waals surface area contributed by atoms with Crippen LogP contribution in [0.5, 0.6) is 11.5 Å². The Morgan fingerprint density at radius 2 is 1.50 bits per heavy atom. The van der Waals surface area contributed by atoms with Crippen LogP contribution in [-0.4, -0.2) is 82.5 Å². The summed E-state index contributed by atoms with van der Waals surface area (Å²) in [4.78, 5) is 51.8. The number of rotatable bonds is 9. The quantitative estimate of drug-likeness (QED) is 0.292. The van der Waals surface area contributed by atoms with E-state index in [1.54, 1.807) is 55.8 Å². The molecular formula is C34H40N4O6. The van der Waals surface area contributed by atoms with E-state index in [1.807, 2.05) is 43.9 Å². The van der Waals surface area contributed by atoms with E-state index in [9.17, 15) is 14.4 Å². The number of piperidine rings is 1. The summed E-state index contributed by atoms with van der Waals surface area (Å²) < 4.78 is 16.2. The molecule has 1 aliphatic heterocycles. The minimum Gasteiger partial charge on any atom is -0.497 e. The molecule has 0 spiro atoms. The van der Waals surface area contributed by atoms with Gasteiger partial charge in [0.25, 0.3) is 5.91 Å². The fourth-order valence-corrected chi connectivity index (χ4v) is 5.45. The molecule has 2 aromatic carbocycles. The van der Waals surface area contributed by atoms with Crippen LogP contribution in [0.15, 0.2) is 54.9 Å². The average Bonchev–Trinajstić information content (AvgIpc) is 3.86. The van der Waals surface area contributed by atoms with Gasteiger partial charge >= 0.3 is 6.09 Å². The lowest BCUT2D eigenvalue weighted by Gasteiger charge is -2.39. The van der Waals surface area contributed by atoms with Crippen LogP contribution < -0.4 is 9.47 Å². The standard InChI is InChI=1S/C34H40N4O6/c1-34(2,3)44-33(41)37-16-14-27(15-17-37)38(26-11-12-26)32(40)25-20-35-31(36-21-25)23-8-6-22(7-9-23)29(39)18-24-10-13-28(42-4)19-30(24)43-5/h6-10,13,19-21,26-27H,11-12,14-18H2,1-5H3. The van der Waals surface area contributed by atoms with Gasteiger partial charge in [-0.25, -0.2) is 14.8 Å². The molecule has 0 bridgehead atoms. The first-order valence-electron chi connectivity index (χ1n) is 15.0. The molecule has 44 heavy (non-hydrogen) atoms. The molecule has 2 aliphatic rings. The summed E-state index contributed by atoms with van der Waals surface area (Å²) in [7, 11) is 3.15. The SMILES string of the molecule is COc1ccc(CC(=O)c2ccc(-c3ncc(C(=O)N(C4CC4)C4CCN(C(=O)OC(C)(C)C)CC4)cn3)cc2)c(OC)c1. The van der Waals surface area contributed by atoms with Gasteiger partial charge in [0.2, 0.25) is 0 Å². The van der Waals surface area contributed by atoms with Gasteiger partial charge in [-0.05, 0) is 52.5 Å². The number of ketones is 1. The zero-order valence-corrected chi connectivity index (χ0v) is 26.0. The Balaban J connectivity index is 1.21.